The lowest BCUT2D eigenvalue weighted by Gasteiger charge is -2.09. The van der Waals surface area contributed by atoms with Crippen LogP contribution in [0.25, 0.3) is 0 Å². The Balaban J connectivity index is 3.23. The third-order valence-corrected chi connectivity index (χ3v) is 2.63. The van der Waals surface area contributed by atoms with Crippen molar-refractivity contribution in [2.24, 2.45) is 5.73 Å². The average molecular weight is 236 g/mol. The molecule has 0 fully saturated rings. The minimum absolute atomic E-state index is 0.0505. The van der Waals surface area contributed by atoms with E-state index in [2.05, 4.69) is 4.74 Å². The van der Waals surface area contributed by atoms with Gasteiger partial charge in [0.05, 0.1) is 13.5 Å². The van der Waals surface area contributed by atoms with Gasteiger partial charge in [-0.3, -0.25) is 4.79 Å². The molecule has 0 aliphatic heterocycles. The number of esters is 1. The van der Waals surface area contributed by atoms with Crippen molar-refractivity contribution < 1.29 is 9.53 Å². The monoisotopic (exact) mass is 235 g/mol. The van der Waals surface area contributed by atoms with E-state index in [1.807, 2.05) is 0 Å². The molecule has 4 heteroatoms. The summed E-state index contributed by atoms with van der Waals surface area (Å²) in [4.78, 5) is 10.9. The Hall–Kier alpha value is -0.280. The van der Waals surface area contributed by atoms with Crippen LogP contribution in [0.5, 0.6) is 0 Å². The molecule has 0 saturated heterocycles. The normalized spacial score (nSPS) is 12.5. The number of alkyl halides is 1. The number of carbonyl (C=O) groups excluding carboxylic acids is 1. The highest BCUT2D eigenvalue weighted by Gasteiger charge is 2.08. The van der Waals surface area contributed by atoms with Gasteiger partial charge in [-0.2, -0.15) is 0 Å². The van der Waals surface area contributed by atoms with E-state index in [0.717, 1.165) is 25.1 Å². The number of methoxy groups -OCH3 is 1. The van der Waals surface area contributed by atoms with Crippen molar-refractivity contribution in [3.8, 4) is 0 Å². The standard InChI is InChI=1S/C11H22ClNO2/c1-15-11(14)9-10(13)7-5-3-2-4-6-8-12/h10H,2-9,13H2,1H3. The summed E-state index contributed by atoms with van der Waals surface area (Å²) in [6.45, 7) is 0. The van der Waals surface area contributed by atoms with Crippen LogP contribution in [-0.4, -0.2) is 25.0 Å². The van der Waals surface area contributed by atoms with Crippen molar-refractivity contribution >= 4 is 17.6 Å². The topological polar surface area (TPSA) is 52.3 Å². The average Bonchev–Trinajstić information content (AvgIpc) is 2.23. The Kier molecular flexibility index (Phi) is 10.1. The zero-order valence-electron chi connectivity index (χ0n) is 9.51. The van der Waals surface area contributed by atoms with E-state index >= 15 is 0 Å². The fourth-order valence-corrected chi connectivity index (χ4v) is 1.62. The Labute approximate surface area is 97.3 Å². The smallest absolute Gasteiger partial charge is 0.307 e. The molecule has 0 aliphatic carbocycles. The third-order valence-electron chi connectivity index (χ3n) is 2.37. The van der Waals surface area contributed by atoms with Gasteiger partial charge in [0, 0.05) is 11.9 Å². The molecule has 0 bridgehead atoms. The molecule has 0 aliphatic rings. The summed E-state index contributed by atoms with van der Waals surface area (Å²) in [6, 6.07) is -0.0505. The fourth-order valence-electron chi connectivity index (χ4n) is 1.43. The van der Waals surface area contributed by atoms with Crippen LogP contribution in [0.2, 0.25) is 0 Å². The first-order valence-corrected chi connectivity index (χ1v) is 6.12. The highest BCUT2D eigenvalue weighted by atomic mass is 35.5. The Bertz CT molecular complexity index is 165. The maximum Gasteiger partial charge on any atom is 0.307 e. The number of halogens is 1. The first kappa shape index (κ1) is 14.7. The van der Waals surface area contributed by atoms with Crippen molar-refractivity contribution in [2.75, 3.05) is 13.0 Å². The predicted octanol–water partition coefficient (Wildman–Crippen LogP) is 2.46. The Morgan fingerprint density at radius 3 is 2.47 bits per heavy atom. The molecule has 0 amide bonds. The van der Waals surface area contributed by atoms with E-state index in [0.29, 0.717) is 6.42 Å². The molecule has 2 N–H and O–H groups in total. The molecule has 0 aromatic carbocycles. The Morgan fingerprint density at radius 2 is 1.87 bits per heavy atom. The van der Waals surface area contributed by atoms with E-state index < -0.39 is 0 Å². The van der Waals surface area contributed by atoms with E-state index in [1.165, 1.54) is 26.4 Å². The lowest BCUT2D eigenvalue weighted by Crippen LogP contribution is -2.24. The fraction of sp³-hybridized carbons (Fsp3) is 0.909. The molecule has 15 heavy (non-hydrogen) atoms. The number of hydrogen-bond donors (Lipinski definition) is 1. The third kappa shape index (κ3) is 10.0. The van der Waals surface area contributed by atoms with Gasteiger partial charge in [0.25, 0.3) is 0 Å². The molecule has 0 aromatic rings. The Morgan fingerprint density at radius 1 is 1.27 bits per heavy atom. The molecule has 0 saturated carbocycles. The zero-order valence-corrected chi connectivity index (χ0v) is 10.3. The quantitative estimate of drug-likeness (QED) is 0.380. The lowest BCUT2D eigenvalue weighted by molar-refractivity contribution is -0.141. The van der Waals surface area contributed by atoms with E-state index in [4.69, 9.17) is 17.3 Å². The van der Waals surface area contributed by atoms with Crippen LogP contribution < -0.4 is 5.73 Å². The van der Waals surface area contributed by atoms with Crippen LogP contribution in [0.15, 0.2) is 0 Å². The summed E-state index contributed by atoms with van der Waals surface area (Å²) >= 11 is 5.57. The van der Waals surface area contributed by atoms with E-state index in [-0.39, 0.29) is 12.0 Å². The second-order valence-electron chi connectivity index (χ2n) is 3.79. The molecule has 0 aromatic heterocycles. The van der Waals surface area contributed by atoms with Gasteiger partial charge < -0.3 is 10.5 Å². The molecule has 90 valence electrons. The molecule has 0 heterocycles. The van der Waals surface area contributed by atoms with Crippen LogP contribution in [-0.2, 0) is 9.53 Å². The molecule has 0 spiro atoms. The summed E-state index contributed by atoms with van der Waals surface area (Å²) in [7, 11) is 1.39. The SMILES string of the molecule is COC(=O)CC(N)CCCCCCCCl. The second kappa shape index (κ2) is 10.2. The van der Waals surface area contributed by atoms with Crippen molar-refractivity contribution in [1.82, 2.24) is 0 Å². The van der Waals surface area contributed by atoms with Gasteiger partial charge in [-0.1, -0.05) is 25.7 Å². The van der Waals surface area contributed by atoms with Crippen molar-refractivity contribution in [3.05, 3.63) is 0 Å². The molecule has 3 nitrogen and oxygen atoms in total. The lowest BCUT2D eigenvalue weighted by atomic mass is 10.0. The van der Waals surface area contributed by atoms with Crippen molar-refractivity contribution in [2.45, 2.75) is 51.0 Å². The van der Waals surface area contributed by atoms with E-state index in [1.54, 1.807) is 0 Å². The minimum atomic E-state index is -0.218. The van der Waals surface area contributed by atoms with Crippen LogP contribution >= 0.6 is 11.6 Å². The van der Waals surface area contributed by atoms with Gasteiger partial charge in [-0.15, -0.1) is 11.6 Å². The first-order chi connectivity index (χ1) is 7.20. The number of nitrogens with two attached hydrogens (primary N) is 1. The van der Waals surface area contributed by atoms with Gasteiger partial charge in [0.2, 0.25) is 0 Å². The largest absolute Gasteiger partial charge is 0.469 e. The number of hydrogen-bond acceptors (Lipinski definition) is 3. The summed E-state index contributed by atoms with van der Waals surface area (Å²) in [5.41, 5.74) is 5.77. The van der Waals surface area contributed by atoms with Crippen molar-refractivity contribution in [1.29, 1.82) is 0 Å². The second-order valence-corrected chi connectivity index (χ2v) is 4.16. The van der Waals surface area contributed by atoms with Gasteiger partial charge in [0.1, 0.15) is 0 Å². The highest BCUT2D eigenvalue weighted by Crippen LogP contribution is 2.08. The van der Waals surface area contributed by atoms with Gasteiger partial charge in [-0.05, 0) is 12.8 Å². The summed E-state index contributed by atoms with van der Waals surface area (Å²) in [5.74, 6) is 0.534. The van der Waals surface area contributed by atoms with Crippen LogP contribution in [0.4, 0.5) is 0 Å². The minimum Gasteiger partial charge on any atom is -0.469 e. The summed E-state index contributed by atoms with van der Waals surface area (Å²) in [5, 5.41) is 0. The molecule has 0 radical (unpaired) electrons. The van der Waals surface area contributed by atoms with Crippen LogP contribution in [0.1, 0.15) is 44.9 Å². The van der Waals surface area contributed by atoms with E-state index in [9.17, 15) is 4.79 Å². The number of unbranched alkanes of at least 4 members (excludes halogenated alkanes) is 4. The molecule has 1 atom stereocenters. The summed E-state index contributed by atoms with van der Waals surface area (Å²) < 4.78 is 4.55. The zero-order chi connectivity index (χ0) is 11.5. The molecular formula is C11H22ClNO2. The maximum absolute atomic E-state index is 10.9. The van der Waals surface area contributed by atoms with Crippen molar-refractivity contribution in [3.63, 3.8) is 0 Å². The van der Waals surface area contributed by atoms with Crippen LogP contribution in [0.3, 0.4) is 0 Å². The predicted molar refractivity (Wildman–Crippen MR) is 63.0 cm³/mol. The maximum atomic E-state index is 10.9. The number of rotatable bonds is 9. The van der Waals surface area contributed by atoms with Gasteiger partial charge >= 0.3 is 5.97 Å². The summed E-state index contributed by atoms with van der Waals surface area (Å²) in [6.07, 6.45) is 6.98. The van der Waals surface area contributed by atoms with Gasteiger partial charge in [-0.25, -0.2) is 0 Å². The van der Waals surface area contributed by atoms with Crippen LogP contribution in [0, 0.1) is 0 Å². The molecule has 1 unspecified atom stereocenters. The highest BCUT2D eigenvalue weighted by molar-refractivity contribution is 6.17. The molecular weight excluding hydrogens is 214 g/mol. The number of carbonyl (C=O) groups is 1. The first-order valence-electron chi connectivity index (χ1n) is 5.59. The number of ether oxygens (including phenoxy) is 1. The van der Waals surface area contributed by atoms with Gasteiger partial charge in [0.15, 0.2) is 0 Å². The molecule has 0 rings (SSSR count).